The highest BCUT2D eigenvalue weighted by atomic mass is 35.5. The minimum Gasteiger partial charge on any atom is -0.303 e. The summed E-state index contributed by atoms with van der Waals surface area (Å²) in [4.78, 5) is 0. The van der Waals surface area contributed by atoms with E-state index in [9.17, 15) is 13.9 Å². The minimum absolute atomic E-state index is 0.807. The van der Waals surface area contributed by atoms with Crippen LogP contribution in [-0.4, -0.2) is 17.7 Å². The maximum atomic E-state index is 11.4. The van der Waals surface area contributed by atoms with Gasteiger partial charge in [0.2, 0.25) is 0 Å². The lowest BCUT2D eigenvalue weighted by atomic mass is 10.8. The van der Waals surface area contributed by atoms with Crippen molar-refractivity contribution in [1.82, 2.24) is 0 Å². The number of alkyl halides is 4. The summed E-state index contributed by atoms with van der Waals surface area (Å²) in [6.45, 7) is -0.807. The zero-order valence-electron chi connectivity index (χ0n) is 4.11. The van der Waals surface area contributed by atoms with E-state index >= 15 is 0 Å². The summed E-state index contributed by atoms with van der Waals surface area (Å²) in [7, 11) is 0. The maximum absolute atomic E-state index is 11.4. The minimum atomic E-state index is -3.78. The van der Waals surface area contributed by atoms with E-state index < -0.39 is 17.7 Å². The molecule has 1 radical (unpaired) electrons. The van der Waals surface area contributed by atoms with Gasteiger partial charge in [0.25, 0.3) is 0 Å². The molecule has 9 heavy (non-hydrogen) atoms. The average Bonchev–Trinajstić information content (AvgIpc) is 1.59. The molecule has 0 heterocycles. The van der Waals surface area contributed by atoms with E-state index in [0.717, 1.165) is 0 Å². The second-order valence-electron chi connectivity index (χ2n) is 1.17. The Morgan fingerprint density at radius 3 is 2.22 bits per heavy atom. The highest BCUT2D eigenvalue weighted by Crippen LogP contribution is 2.20. The number of halogens is 4. The average molecular weight is 180 g/mol. The fourth-order valence-corrected chi connectivity index (χ4v) is 0.286. The molecule has 0 bridgehead atoms. The normalized spacial score (nSPS) is 15.7. The molecule has 2 nitrogen and oxygen atoms in total. The zero-order valence-corrected chi connectivity index (χ0v) is 5.62. The fraction of sp³-hybridized carbons (Fsp3) is 1.00. The predicted octanol–water partition coefficient (Wildman–Crippen LogP) is 1.79. The van der Waals surface area contributed by atoms with Crippen LogP contribution in [0.25, 0.3) is 0 Å². The van der Waals surface area contributed by atoms with Crippen LogP contribution < -0.4 is 0 Å². The van der Waals surface area contributed by atoms with Crippen LogP contribution in [0, 0.1) is 0 Å². The lowest BCUT2D eigenvalue weighted by Gasteiger charge is -2.07. The van der Waals surface area contributed by atoms with Crippen molar-refractivity contribution in [3.8, 4) is 0 Å². The lowest BCUT2D eigenvalue weighted by Crippen LogP contribution is -2.17. The van der Waals surface area contributed by atoms with Crippen molar-refractivity contribution in [2.24, 2.45) is 0 Å². The fourth-order valence-electron chi connectivity index (χ4n) is 0.160. The monoisotopic (exact) mass is 179 g/mol. The standard InChI is InChI=1S/C3H3Cl2F2O2/c4-2(8)1-9-3(5,6)7/h2H,1H2. The smallest absolute Gasteiger partial charge is 0.303 e. The molecule has 0 aromatic heterocycles. The summed E-state index contributed by atoms with van der Waals surface area (Å²) in [6.07, 6.45) is 0. The van der Waals surface area contributed by atoms with Gasteiger partial charge in [0, 0.05) is 0 Å². The molecule has 0 amide bonds. The molecule has 1 atom stereocenters. The molecule has 0 saturated carbocycles. The van der Waals surface area contributed by atoms with Crippen LogP contribution >= 0.6 is 23.2 Å². The van der Waals surface area contributed by atoms with Gasteiger partial charge in [-0.1, -0.05) is 11.6 Å². The summed E-state index contributed by atoms with van der Waals surface area (Å²) in [5.41, 5.74) is -5.48. The van der Waals surface area contributed by atoms with Crippen molar-refractivity contribution in [2.75, 3.05) is 6.61 Å². The third-order valence-electron chi connectivity index (χ3n) is 0.378. The first kappa shape index (κ1) is 9.36. The SMILES string of the molecule is [O]C(Cl)COC(F)(F)Cl. The molecular formula is C3H3Cl2F2O2. The van der Waals surface area contributed by atoms with Crippen LogP contribution in [0.1, 0.15) is 0 Å². The molecule has 55 valence electrons. The Balaban J connectivity index is 3.28. The first-order chi connectivity index (χ1) is 3.92. The van der Waals surface area contributed by atoms with Gasteiger partial charge < -0.3 is 4.74 Å². The van der Waals surface area contributed by atoms with Crippen molar-refractivity contribution >= 4 is 23.2 Å². The van der Waals surface area contributed by atoms with Crippen molar-refractivity contribution in [3.05, 3.63) is 0 Å². The summed E-state index contributed by atoms with van der Waals surface area (Å²) in [6, 6.07) is 0. The van der Waals surface area contributed by atoms with Gasteiger partial charge in [-0.2, -0.15) is 8.78 Å². The molecule has 0 aliphatic heterocycles. The largest absolute Gasteiger partial charge is 0.440 e. The van der Waals surface area contributed by atoms with Crippen molar-refractivity contribution < 1.29 is 18.6 Å². The molecule has 0 spiro atoms. The first-order valence-electron chi connectivity index (χ1n) is 1.92. The van der Waals surface area contributed by atoms with Crippen LogP contribution in [-0.2, 0) is 9.84 Å². The van der Waals surface area contributed by atoms with Gasteiger partial charge in [-0.25, -0.2) is 5.11 Å². The highest BCUT2D eigenvalue weighted by molar-refractivity contribution is 6.21. The van der Waals surface area contributed by atoms with E-state index in [-0.39, 0.29) is 0 Å². The van der Waals surface area contributed by atoms with Gasteiger partial charge in [-0.05, 0) is 11.6 Å². The third-order valence-corrected chi connectivity index (χ3v) is 0.613. The Bertz CT molecular complexity index is 82.4. The van der Waals surface area contributed by atoms with E-state index in [2.05, 4.69) is 16.3 Å². The number of ether oxygens (including phenoxy) is 1. The molecule has 6 heteroatoms. The Hall–Kier alpha value is 0.360. The molecule has 0 fully saturated rings. The second kappa shape index (κ2) is 3.51. The lowest BCUT2D eigenvalue weighted by molar-refractivity contribution is -0.181. The van der Waals surface area contributed by atoms with E-state index in [1.807, 2.05) is 0 Å². The number of hydrogen-bond donors (Lipinski definition) is 0. The van der Waals surface area contributed by atoms with Crippen LogP contribution in [0.3, 0.4) is 0 Å². The Labute approximate surface area is 60.3 Å². The first-order valence-corrected chi connectivity index (χ1v) is 2.74. The Morgan fingerprint density at radius 2 is 2.11 bits per heavy atom. The van der Waals surface area contributed by atoms with Gasteiger partial charge >= 0.3 is 5.57 Å². The van der Waals surface area contributed by atoms with Crippen molar-refractivity contribution in [3.63, 3.8) is 0 Å². The van der Waals surface area contributed by atoms with Gasteiger partial charge in [0.1, 0.15) is 0 Å². The third kappa shape index (κ3) is 8.36. The molecule has 0 N–H and O–H groups in total. The molecule has 0 saturated heterocycles. The predicted molar refractivity (Wildman–Crippen MR) is 27.1 cm³/mol. The van der Waals surface area contributed by atoms with Crippen molar-refractivity contribution in [2.45, 2.75) is 11.1 Å². The van der Waals surface area contributed by atoms with Crippen molar-refractivity contribution in [1.29, 1.82) is 0 Å². The molecule has 1 unspecified atom stereocenters. The van der Waals surface area contributed by atoms with Crippen LogP contribution in [0.4, 0.5) is 8.78 Å². The highest BCUT2D eigenvalue weighted by Gasteiger charge is 2.26. The summed E-state index contributed by atoms with van der Waals surface area (Å²) in [5.74, 6) is 0. The quantitative estimate of drug-likeness (QED) is 0.608. The van der Waals surface area contributed by atoms with Gasteiger partial charge in [0.15, 0.2) is 5.56 Å². The number of hydrogen-bond acceptors (Lipinski definition) is 1. The maximum Gasteiger partial charge on any atom is 0.440 e. The topological polar surface area (TPSA) is 29.1 Å². The molecule has 0 aliphatic rings. The van der Waals surface area contributed by atoms with Crippen LogP contribution in [0.5, 0.6) is 0 Å². The van der Waals surface area contributed by atoms with E-state index in [1.165, 1.54) is 0 Å². The molecule has 0 aromatic carbocycles. The summed E-state index contributed by atoms with van der Waals surface area (Å²) < 4.78 is 26.3. The molecule has 0 aliphatic carbocycles. The van der Waals surface area contributed by atoms with Gasteiger partial charge in [-0.15, -0.1) is 0 Å². The Kier molecular flexibility index (Phi) is 3.65. The molecule has 0 rings (SSSR count). The molecular weight excluding hydrogens is 177 g/mol. The van der Waals surface area contributed by atoms with Gasteiger partial charge in [0.05, 0.1) is 6.61 Å². The second-order valence-corrected chi connectivity index (χ2v) is 2.09. The van der Waals surface area contributed by atoms with Crippen LogP contribution in [0.15, 0.2) is 0 Å². The van der Waals surface area contributed by atoms with Gasteiger partial charge in [-0.3, -0.25) is 0 Å². The summed E-state index contributed by atoms with van der Waals surface area (Å²) in [5, 5.41) is 9.82. The Morgan fingerprint density at radius 1 is 1.67 bits per heavy atom. The molecule has 0 aromatic rings. The van der Waals surface area contributed by atoms with E-state index in [0.29, 0.717) is 0 Å². The van der Waals surface area contributed by atoms with E-state index in [4.69, 9.17) is 11.6 Å². The zero-order chi connectivity index (χ0) is 7.49. The summed E-state index contributed by atoms with van der Waals surface area (Å²) >= 11 is 8.94. The van der Waals surface area contributed by atoms with E-state index in [1.54, 1.807) is 0 Å². The van der Waals surface area contributed by atoms with Crippen LogP contribution in [0.2, 0.25) is 0 Å². The number of rotatable bonds is 3.